The minimum Gasteiger partial charge on any atom is -0.455 e. The van der Waals surface area contributed by atoms with Crippen molar-refractivity contribution in [2.24, 2.45) is 0 Å². The van der Waals surface area contributed by atoms with Crippen LogP contribution >= 0.6 is 0 Å². The number of furan rings is 1. The fourth-order valence-corrected chi connectivity index (χ4v) is 9.85. The maximum Gasteiger partial charge on any atom is 0.160 e. The molecule has 11 aromatic rings. The lowest BCUT2D eigenvalue weighted by Crippen LogP contribution is -2.14. The van der Waals surface area contributed by atoms with E-state index in [1.54, 1.807) is 0 Å². The van der Waals surface area contributed by atoms with E-state index >= 15 is 0 Å². The zero-order chi connectivity index (χ0) is 41.4. The van der Waals surface area contributed by atoms with Gasteiger partial charge in [-0.15, -0.1) is 0 Å². The summed E-state index contributed by atoms with van der Waals surface area (Å²) in [6.45, 7) is 4.72. The standard InChI is InChI=1S/C59H40N2O/c1-59(2)51-30-17-29-47(56(51)50-32-39-22-9-10-23-40(39)35-52(50)59)43-25-12-14-27-45(43)54-36-53(60-58(61-54)38-20-7-4-8-21-38)44-26-13-11-24-42(44)41-33-48(37-18-5-3-6-19-37)57-49(34-41)46-28-15-16-31-55(46)62-57/h3-36H,1-2H3. The molecule has 0 amide bonds. The molecule has 0 saturated carbocycles. The molecule has 0 spiro atoms. The molecular weight excluding hydrogens is 753 g/mol. The second-order valence-corrected chi connectivity index (χ2v) is 16.9. The fourth-order valence-electron chi connectivity index (χ4n) is 9.85. The van der Waals surface area contributed by atoms with E-state index in [4.69, 9.17) is 14.4 Å². The first kappa shape index (κ1) is 36.0. The van der Waals surface area contributed by atoms with Gasteiger partial charge in [0.2, 0.25) is 0 Å². The fraction of sp³-hybridized carbons (Fsp3) is 0.0508. The molecular formula is C59H40N2O. The van der Waals surface area contributed by atoms with Crippen molar-refractivity contribution in [3.8, 4) is 78.4 Å². The van der Waals surface area contributed by atoms with Crippen LogP contribution < -0.4 is 0 Å². The van der Waals surface area contributed by atoms with Gasteiger partial charge in [0.25, 0.3) is 0 Å². The van der Waals surface area contributed by atoms with Crippen LogP contribution in [0.5, 0.6) is 0 Å². The Labute approximate surface area is 360 Å². The molecule has 0 radical (unpaired) electrons. The number of aromatic nitrogens is 2. The predicted molar refractivity (Wildman–Crippen MR) is 257 cm³/mol. The summed E-state index contributed by atoms with van der Waals surface area (Å²) in [5.74, 6) is 0.681. The van der Waals surface area contributed by atoms with E-state index in [9.17, 15) is 0 Å². The van der Waals surface area contributed by atoms with Gasteiger partial charge in [0, 0.05) is 38.4 Å². The highest BCUT2D eigenvalue weighted by Crippen LogP contribution is 2.54. The summed E-state index contributed by atoms with van der Waals surface area (Å²) < 4.78 is 6.58. The van der Waals surface area contributed by atoms with E-state index in [-0.39, 0.29) is 5.41 Å². The molecule has 3 heteroatoms. The Balaban J connectivity index is 1.08. The summed E-state index contributed by atoms with van der Waals surface area (Å²) in [4.78, 5) is 10.8. The summed E-state index contributed by atoms with van der Waals surface area (Å²) in [7, 11) is 0. The topological polar surface area (TPSA) is 38.9 Å². The van der Waals surface area contributed by atoms with Crippen LogP contribution in [-0.4, -0.2) is 9.97 Å². The van der Waals surface area contributed by atoms with Crippen molar-refractivity contribution in [1.29, 1.82) is 0 Å². The maximum absolute atomic E-state index is 6.58. The van der Waals surface area contributed by atoms with Crippen molar-refractivity contribution in [2.75, 3.05) is 0 Å². The Hall–Kier alpha value is -7.88. The van der Waals surface area contributed by atoms with Crippen molar-refractivity contribution in [1.82, 2.24) is 9.97 Å². The van der Waals surface area contributed by atoms with E-state index in [0.29, 0.717) is 5.82 Å². The minimum atomic E-state index is -0.155. The first-order valence-corrected chi connectivity index (χ1v) is 21.3. The summed E-state index contributed by atoms with van der Waals surface area (Å²) in [6, 6.07) is 73.6. The van der Waals surface area contributed by atoms with Crippen molar-refractivity contribution in [2.45, 2.75) is 19.3 Å². The number of fused-ring (bicyclic) bond motifs is 7. The molecule has 1 aliphatic carbocycles. The van der Waals surface area contributed by atoms with Crippen LogP contribution in [0, 0.1) is 0 Å². The van der Waals surface area contributed by atoms with E-state index < -0.39 is 0 Å². The zero-order valence-corrected chi connectivity index (χ0v) is 34.4. The van der Waals surface area contributed by atoms with Gasteiger partial charge in [-0.2, -0.15) is 0 Å². The highest BCUT2D eigenvalue weighted by molar-refractivity contribution is 6.12. The van der Waals surface area contributed by atoms with E-state index in [2.05, 4.69) is 208 Å². The van der Waals surface area contributed by atoms with Gasteiger partial charge >= 0.3 is 0 Å². The minimum absolute atomic E-state index is 0.155. The third-order valence-corrected chi connectivity index (χ3v) is 12.9. The van der Waals surface area contributed by atoms with Crippen molar-refractivity contribution >= 4 is 32.7 Å². The van der Waals surface area contributed by atoms with Gasteiger partial charge < -0.3 is 4.42 Å². The van der Waals surface area contributed by atoms with E-state index in [1.165, 1.54) is 38.6 Å². The van der Waals surface area contributed by atoms with Crippen LogP contribution in [-0.2, 0) is 5.41 Å². The largest absolute Gasteiger partial charge is 0.455 e. The smallest absolute Gasteiger partial charge is 0.160 e. The predicted octanol–water partition coefficient (Wildman–Crippen LogP) is 15.8. The van der Waals surface area contributed by atoms with Crippen LogP contribution in [0.1, 0.15) is 25.0 Å². The number of rotatable bonds is 6. The highest BCUT2D eigenvalue weighted by Gasteiger charge is 2.37. The molecule has 0 aliphatic heterocycles. The molecule has 0 atom stereocenters. The Morgan fingerprint density at radius 2 is 0.952 bits per heavy atom. The molecule has 0 fully saturated rings. The molecule has 0 bridgehead atoms. The maximum atomic E-state index is 6.58. The van der Waals surface area contributed by atoms with Crippen LogP contribution in [0.25, 0.3) is 111 Å². The highest BCUT2D eigenvalue weighted by atomic mass is 16.3. The monoisotopic (exact) mass is 792 g/mol. The van der Waals surface area contributed by atoms with Crippen LogP contribution in [0.4, 0.5) is 0 Å². The van der Waals surface area contributed by atoms with Gasteiger partial charge in [-0.05, 0) is 97.2 Å². The van der Waals surface area contributed by atoms with Gasteiger partial charge in [-0.25, -0.2) is 9.97 Å². The normalized spacial score (nSPS) is 12.8. The number of hydrogen-bond donors (Lipinski definition) is 0. The molecule has 0 N–H and O–H groups in total. The third kappa shape index (κ3) is 5.73. The molecule has 9 aromatic carbocycles. The van der Waals surface area contributed by atoms with Crippen molar-refractivity contribution in [3.63, 3.8) is 0 Å². The van der Waals surface area contributed by atoms with Crippen molar-refractivity contribution in [3.05, 3.63) is 217 Å². The number of hydrogen-bond acceptors (Lipinski definition) is 3. The molecule has 12 rings (SSSR count). The zero-order valence-electron chi connectivity index (χ0n) is 34.4. The molecule has 2 heterocycles. The molecule has 0 saturated heterocycles. The molecule has 1 aliphatic rings. The van der Waals surface area contributed by atoms with Crippen LogP contribution in [0.2, 0.25) is 0 Å². The number of benzene rings is 9. The lowest BCUT2D eigenvalue weighted by atomic mass is 9.81. The first-order valence-electron chi connectivity index (χ1n) is 21.3. The first-order chi connectivity index (χ1) is 30.5. The average Bonchev–Trinajstić information content (AvgIpc) is 3.82. The lowest BCUT2D eigenvalue weighted by Gasteiger charge is -2.22. The molecule has 62 heavy (non-hydrogen) atoms. The Morgan fingerprint density at radius 3 is 1.69 bits per heavy atom. The molecule has 3 nitrogen and oxygen atoms in total. The van der Waals surface area contributed by atoms with E-state index in [1.807, 2.05) is 12.1 Å². The Kier molecular flexibility index (Phi) is 8.20. The lowest BCUT2D eigenvalue weighted by molar-refractivity contribution is 0.661. The SMILES string of the molecule is CC1(C)c2cc3ccccc3cc2-c2c(-c3ccccc3-c3cc(-c4ccccc4-c4cc(-c5ccccc5)c5oc6ccccc6c5c4)nc(-c4ccccc4)n3)cccc21. The van der Waals surface area contributed by atoms with Gasteiger partial charge in [-0.3, -0.25) is 0 Å². The van der Waals surface area contributed by atoms with Gasteiger partial charge in [0.05, 0.1) is 11.4 Å². The summed E-state index contributed by atoms with van der Waals surface area (Å²) >= 11 is 0. The second kappa shape index (κ2) is 14.1. The van der Waals surface area contributed by atoms with Gasteiger partial charge in [-0.1, -0.05) is 184 Å². The quantitative estimate of drug-likeness (QED) is 0.168. The second-order valence-electron chi connectivity index (χ2n) is 16.9. The third-order valence-electron chi connectivity index (χ3n) is 12.9. The van der Waals surface area contributed by atoms with Crippen molar-refractivity contribution < 1.29 is 4.42 Å². The summed E-state index contributed by atoms with van der Waals surface area (Å²) in [5, 5.41) is 4.70. The summed E-state index contributed by atoms with van der Waals surface area (Å²) in [6.07, 6.45) is 0. The van der Waals surface area contributed by atoms with Gasteiger partial charge in [0.1, 0.15) is 11.2 Å². The molecule has 292 valence electrons. The number of nitrogens with zero attached hydrogens (tertiary/aromatic N) is 2. The number of para-hydroxylation sites is 1. The van der Waals surface area contributed by atoms with E-state index in [0.717, 1.165) is 77.8 Å². The summed E-state index contributed by atoms with van der Waals surface area (Å²) in [5.41, 5.74) is 18.4. The molecule has 2 aromatic heterocycles. The Morgan fingerprint density at radius 1 is 0.371 bits per heavy atom. The molecule has 0 unspecified atom stereocenters. The average molecular weight is 793 g/mol. The Bertz CT molecular complexity index is 3540. The van der Waals surface area contributed by atoms with Crippen LogP contribution in [0.3, 0.4) is 0 Å². The van der Waals surface area contributed by atoms with Crippen LogP contribution in [0.15, 0.2) is 211 Å². The van der Waals surface area contributed by atoms with Gasteiger partial charge in [0.15, 0.2) is 5.82 Å².